The molecule has 0 nitrogen and oxygen atoms in total. The zero-order chi connectivity index (χ0) is 7.11. The van der Waals surface area contributed by atoms with Gasteiger partial charge in [0.15, 0.2) is 0 Å². The fourth-order valence-electron chi connectivity index (χ4n) is 0.496. The van der Waals surface area contributed by atoms with Crippen LogP contribution in [0.2, 0.25) is 0 Å². The third-order valence-corrected chi connectivity index (χ3v) is 1.32. The molecule has 0 bridgehead atoms. The maximum Gasteiger partial charge on any atom is 0.0645 e. The van der Waals surface area contributed by atoms with Crippen molar-refractivity contribution in [3.05, 3.63) is 0 Å². The molecule has 0 aliphatic rings. The molecule has 0 N–H and O–H groups in total. The summed E-state index contributed by atoms with van der Waals surface area (Å²) in [6.07, 6.45) is 2.27. The van der Waals surface area contributed by atoms with Crippen molar-refractivity contribution in [1.29, 1.82) is 0 Å². The number of alkyl halides is 1. The van der Waals surface area contributed by atoms with Crippen LogP contribution in [0.3, 0.4) is 0 Å². The Morgan fingerprint density at radius 1 is 1.33 bits per heavy atom. The second kappa shape index (κ2) is 6.16. The van der Waals surface area contributed by atoms with Gasteiger partial charge in [-0.2, -0.15) is 0 Å². The van der Waals surface area contributed by atoms with E-state index in [4.69, 9.17) is 0 Å². The smallest absolute Gasteiger partial charge is 0.0645 e. The molecule has 0 aromatic rings. The molecule has 0 aliphatic carbocycles. The van der Waals surface area contributed by atoms with Gasteiger partial charge in [-0.3, -0.25) is 0 Å². The SMILES string of the molecule is CC(C)CCC#CCBr. The van der Waals surface area contributed by atoms with Crippen molar-refractivity contribution in [2.24, 2.45) is 5.92 Å². The second-order valence-corrected chi connectivity index (χ2v) is 2.98. The highest BCUT2D eigenvalue weighted by atomic mass is 79.9. The van der Waals surface area contributed by atoms with E-state index in [1.807, 2.05) is 0 Å². The van der Waals surface area contributed by atoms with Crippen LogP contribution < -0.4 is 0 Å². The predicted octanol–water partition coefficient (Wildman–Crippen LogP) is 2.82. The minimum absolute atomic E-state index is 0.787. The molecule has 0 amide bonds. The lowest BCUT2D eigenvalue weighted by atomic mass is 10.1. The van der Waals surface area contributed by atoms with Crippen molar-refractivity contribution >= 4 is 15.9 Å². The van der Waals surface area contributed by atoms with Gasteiger partial charge in [-0.1, -0.05) is 35.7 Å². The maximum atomic E-state index is 3.24. The molecule has 0 saturated heterocycles. The van der Waals surface area contributed by atoms with E-state index in [0.29, 0.717) is 0 Å². The van der Waals surface area contributed by atoms with E-state index in [1.54, 1.807) is 0 Å². The number of hydrogen-bond donors (Lipinski definition) is 0. The highest BCUT2D eigenvalue weighted by molar-refractivity contribution is 9.09. The lowest BCUT2D eigenvalue weighted by Gasteiger charge is -1.96. The van der Waals surface area contributed by atoms with E-state index in [-0.39, 0.29) is 0 Å². The second-order valence-electron chi connectivity index (χ2n) is 2.42. The first-order valence-electron chi connectivity index (χ1n) is 3.29. The fraction of sp³-hybridized carbons (Fsp3) is 0.750. The van der Waals surface area contributed by atoms with Crippen LogP contribution in [-0.2, 0) is 0 Å². The summed E-state index contributed by atoms with van der Waals surface area (Å²) < 4.78 is 0. The van der Waals surface area contributed by atoms with Crippen molar-refractivity contribution in [2.45, 2.75) is 26.7 Å². The molecule has 0 saturated carbocycles. The van der Waals surface area contributed by atoms with Crippen molar-refractivity contribution in [2.75, 3.05) is 5.33 Å². The Labute approximate surface area is 66.2 Å². The molecule has 1 heteroatoms. The van der Waals surface area contributed by atoms with Crippen LogP contribution in [-0.4, -0.2) is 5.33 Å². The number of rotatable bonds is 2. The number of hydrogen-bond acceptors (Lipinski definition) is 0. The zero-order valence-electron chi connectivity index (χ0n) is 6.08. The highest BCUT2D eigenvalue weighted by Gasteiger charge is 1.88. The minimum Gasteiger partial charge on any atom is -0.102 e. The molecular weight excluding hydrogens is 176 g/mol. The molecule has 0 heterocycles. The number of halogens is 1. The van der Waals surface area contributed by atoms with Crippen LogP contribution in [0, 0.1) is 17.8 Å². The van der Waals surface area contributed by atoms with Gasteiger partial charge in [0.25, 0.3) is 0 Å². The van der Waals surface area contributed by atoms with Crippen LogP contribution >= 0.6 is 15.9 Å². The molecule has 0 unspecified atom stereocenters. The maximum absolute atomic E-state index is 3.24. The molecule has 0 fully saturated rings. The third-order valence-electron chi connectivity index (χ3n) is 1.04. The van der Waals surface area contributed by atoms with E-state index < -0.39 is 0 Å². The van der Waals surface area contributed by atoms with Crippen molar-refractivity contribution in [3.8, 4) is 11.8 Å². The fourth-order valence-corrected chi connectivity index (χ4v) is 0.695. The summed E-state index contributed by atoms with van der Waals surface area (Å²) in [5, 5.41) is 0.811. The van der Waals surface area contributed by atoms with E-state index in [2.05, 4.69) is 41.6 Å². The first kappa shape index (κ1) is 9.04. The van der Waals surface area contributed by atoms with Crippen LogP contribution in [0.1, 0.15) is 26.7 Å². The predicted molar refractivity (Wildman–Crippen MR) is 45.6 cm³/mol. The molecule has 9 heavy (non-hydrogen) atoms. The highest BCUT2D eigenvalue weighted by Crippen LogP contribution is 2.01. The van der Waals surface area contributed by atoms with E-state index in [0.717, 1.165) is 17.7 Å². The Kier molecular flexibility index (Phi) is 6.19. The normalized spacial score (nSPS) is 8.89. The Morgan fingerprint density at radius 2 is 2.00 bits per heavy atom. The first-order valence-corrected chi connectivity index (χ1v) is 4.41. The topological polar surface area (TPSA) is 0 Å². The van der Waals surface area contributed by atoms with Gasteiger partial charge in [-0.05, 0) is 12.3 Å². The summed E-state index contributed by atoms with van der Waals surface area (Å²) >= 11 is 3.24. The summed E-state index contributed by atoms with van der Waals surface area (Å²) in [5.41, 5.74) is 0. The summed E-state index contributed by atoms with van der Waals surface area (Å²) in [5.74, 6) is 6.83. The van der Waals surface area contributed by atoms with Gasteiger partial charge in [0.05, 0.1) is 5.33 Å². The van der Waals surface area contributed by atoms with Crippen molar-refractivity contribution < 1.29 is 0 Å². The van der Waals surface area contributed by atoms with Gasteiger partial charge in [-0.15, -0.1) is 5.92 Å². The van der Waals surface area contributed by atoms with Crippen LogP contribution in [0.25, 0.3) is 0 Å². The molecule has 0 atom stereocenters. The molecule has 0 aromatic heterocycles. The average Bonchev–Trinajstić information content (AvgIpc) is 1.80. The summed E-state index contributed by atoms with van der Waals surface area (Å²) in [4.78, 5) is 0. The van der Waals surface area contributed by atoms with Gasteiger partial charge >= 0.3 is 0 Å². The van der Waals surface area contributed by atoms with Gasteiger partial charge in [0, 0.05) is 6.42 Å². The molecule has 52 valence electrons. The van der Waals surface area contributed by atoms with Crippen LogP contribution in [0.15, 0.2) is 0 Å². The van der Waals surface area contributed by atoms with Crippen LogP contribution in [0.5, 0.6) is 0 Å². The quantitative estimate of drug-likeness (QED) is 0.462. The van der Waals surface area contributed by atoms with Gasteiger partial charge in [-0.25, -0.2) is 0 Å². The Balaban J connectivity index is 3.09. The first-order chi connectivity index (χ1) is 4.27. The monoisotopic (exact) mass is 188 g/mol. The van der Waals surface area contributed by atoms with Crippen molar-refractivity contribution in [1.82, 2.24) is 0 Å². The van der Waals surface area contributed by atoms with E-state index in [1.165, 1.54) is 6.42 Å². The zero-order valence-corrected chi connectivity index (χ0v) is 7.66. The summed E-state index contributed by atoms with van der Waals surface area (Å²) in [6.45, 7) is 4.44. The minimum atomic E-state index is 0.787. The average molecular weight is 189 g/mol. The Morgan fingerprint density at radius 3 is 2.44 bits per heavy atom. The third kappa shape index (κ3) is 8.04. The lowest BCUT2D eigenvalue weighted by molar-refractivity contribution is 0.600. The Hall–Kier alpha value is 0.0400. The lowest BCUT2D eigenvalue weighted by Crippen LogP contribution is -1.83. The molecule has 0 radical (unpaired) electrons. The molecule has 0 spiro atoms. The summed E-state index contributed by atoms with van der Waals surface area (Å²) in [7, 11) is 0. The van der Waals surface area contributed by atoms with E-state index >= 15 is 0 Å². The summed E-state index contributed by atoms with van der Waals surface area (Å²) in [6, 6.07) is 0. The largest absolute Gasteiger partial charge is 0.102 e. The standard InChI is InChI=1S/C8H13Br/c1-8(2)6-4-3-5-7-9/h8H,4,6-7H2,1-2H3. The molecular formula is C8H13Br. The van der Waals surface area contributed by atoms with Crippen LogP contribution in [0.4, 0.5) is 0 Å². The van der Waals surface area contributed by atoms with E-state index in [9.17, 15) is 0 Å². The molecule has 0 aromatic carbocycles. The molecule has 0 rings (SSSR count). The molecule has 0 aliphatic heterocycles. The van der Waals surface area contributed by atoms with Gasteiger partial charge < -0.3 is 0 Å². The van der Waals surface area contributed by atoms with Crippen molar-refractivity contribution in [3.63, 3.8) is 0 Å². The Bertz CT molecular complexity index is 105. The van der Waals surface area contributed by atoms with Gasteiger partial charge in [0.2, 0.25) is 0 Å². The van der Waals surface area contributed by atoms with Gasteiger partial charge in [0.1, 0.15) is 0 Å².